The number of hydrogen-bond donors (Lipinski definition) is 1. The van der Waals surface area contributed by atoms with Gasteiger partial charge in [-0.05, 0) is 36.2 Å². The van der Waals surface area contributed by atoms with Crippen LogP contribution in [0.15, 0.2) is 47.1 Å². The summed E-state index contributed by atoms with van der Waals surface area (Å²) in [5.74, 6) is 1.41. The third-order valence-corrected chi connectivity index (χ3v) is 4.55. The minimum Gasteiger partial charge on any atom is -0.484 e. The lowest BCUT2D eigenvalue weighted by Gasteiger charge is -2.33. The second kappa shape index (κ2) is 9.40. The molecule has 1 N–H and O–H groups in total. The van der Waals surface area contributed by atoms with Crippen molar-refractivity contribution in [2.45, 2.75) is 19.4 Å². The van der Waals surface area contributed by atoms with Gasteiger partial charge in [0.15, 0.2) is 6.61 Å². The van der Waals surface area contributed by atoms with Gasteiger partial charge in [0.1, 0.15) is 11.5 Å². The van der Waals surface area contributed by atoms with E-state index >= 15 is 0 Å². The van der Waals surface area contributed by atoms with Gasteiger partial charge in [-0.3, -0.25) is 9.69 Å². The topological polar surface area (TPSA) is 63.9 Å². The Morgan fingerprint density at radius 2 is 2.00 bits per heavy atom. The van der Waals surface area contributed by atoms with Crippen LogP contribution < -0.4 is 10.1 Å². The SMILES string of the molecule is CCc1ccc(OCC(=O)NC[C@@H](c2ccco2)N2CCOCC2)cc1. The Kier molecular flexibility index (Phi) is 6.68. The summed E-state index contributed by atoms with van der Waals surface area (Å²) in [6, 6.07) is 11.6. The summed E-state index contributed by atoms with van der Waals surface area (Å²) in [4.78, 5) is 14.5. The molecule has 0 bridgehead atoms. The van der Waals surface area contributed by atoms with Crippen molar-refractivity contribution in [2.75, 3.05) is 39.5 Å². The van der Waals surface area contributed by atoms with Crippen LogP contribution in [0.4, 0.5) is 0 Å². The van der Waals surface area contributed by atoms with Crippen molar-refractivity contribution >= 4 is 5.91 Å². The van der Waals surface area contributed by atoms with Crippen LogP contribution in [0.5, 0.6) is 5.75 Å². The Morgan fingerprint density at radius 1 is 1.23 bits per heavy atom. The van der Waals surface area contributed by atoms with E-state index in [0.717, 1.165) is 25.3 Å². The summed E-state index contributed by atoms with van der Waals surface area (Å²) in [7, 11) is 0. The molecule has 1 amide bonds. The maximum Gasteiger partial charge on any atom is 0.258 e. The molecule has 1 aliphatic heterocycles. The van der Waals surface area contributed by atoms with E-state index in [1.165, 1.54) is 5.56 Å². The van der Waals surface area contributed by atoms with Crippen LogP contribution in [0, 0.1) is 0 Å². The first-order chi connectivity index (χ1) is 12.8. The van der Waals surface area contributed by atoms with Crippen molar-refractivity contribution in [3.63, 3.8) is 0 Å². The number of amides is 1. The Labute approximate surface area is 154 Å². The lowest BCUT2D eigenvalue weighted by Crippen LogP contribution is -2.44. The van der Waals surface area contributed by atoms with Crippen molar-refractivity contribution < 1.29 is 18.7 Å². The Bertz CT molecular complexity index is 664. The number of carbonyl (C=O) groups is 1. The van der Waals surface area contributed by atoms with Crippen molar-refractivity contribution in [3.05, 3.63) is 54.0 Å². The van der Waals surface area contributed by atoms with E-state index in [1.54, 1.807) is 6.26 Å². The van der Waals surface area contributed by atoms with Crippen molar-refractivity contribution in [1.82, 2.24) is 10.2 Å². The zero-order chi connectivity index (χ0) is 18.2. The van der Waals surface area contributed by atoms with Gasteiger partial charge in [0.25, 0.3) is 5.91 Å². The number of hydrogen-bond acceptors (Lipinski definition) is 5. The Hall–Kier alpha value is -2.31. The fraction of sp³-hybridized carbons (Fsp3) is 0.450. The van der Waals surface area contributed by atoms with Gasteiger partial charge in [-0.1, -0.05) is 19.1 Å². The third kappa shape index (κ3) is 5.09. The Balaban J connectivity index is 1.50. The van der Waals surface area contributed by atoms with Gasteiger partial charge in [0.05, 0.1) is 25.5 Å². The lowest BCUT2D eigenvalue weighted by atomic mass is 10.1. The summed E-state index contributed by atoms with van der Waals surface area (Å²) >= 11 is 0. The van der Waals surface area contributed by atoms with Crippen molar-refractivity contribution in [3.8, 4) is 5.75 Å². The lowest BCUT2D eigenvalue weighted by molar-refractivity contribution is -0.123. The van der Waals surface area contributed by atoms with Crippen LogP contribution in [0.25, 0.3) is 0 Å². The molecule has 140 valence electrons. The molecule has 2 aromatic rings. The van der Waals surface area contributed by atoms with E-state index in [4.69, 9.17) is 13.9 Å². The highest BCUT2D eigenvalue weighted by Gasteiger charge is 2.25. The van der Waals surface area contributed by atoms with E-state index in [2.05, 4.69) is 17.1 Å². The molecular formula is C20H26N2O4. The second-order valence-corrected chi connectivity index (χ2v) is 6.27. The fourth-order valence-electron chi connectivity index (χ4n) is 3.01. The van der Waals surface area contributed by atoms with Gasteiger partial charge >= 0.3 is 0 Å². The Morgan fingerprint density at radius 3 is 2.65 bits per heavy atom. The quantitative estimate of drug-likeness (QED) is 0.785. The highest BCUT2D eigenvalue weighted by Crippen LogP contribution is 2.21. The summed E-state index contributed by atoms with van der Waals surface area (Å²) in [5.41, 5.74) is 1.24. The molecule has 6 heteroatoms. The van der Waals surface area contributed by atoms with Crippen LogP contribution in [-0.4, -0.2) is 50.3 Å². The van der Waals surface area contributed by atoms with Crippen LogP contribution >= 0.6 is 0 Å². The molecule has 0 radical (unpaired) electrons. The molecule has 2 heterocycles. The van der Waals surface area contributed by atoms with Gasteiger partial charge in [0.2, 0.25) is 0 Å². The van der Waals surface area contributed by atoms with Crippen LogP contribution in [0.3, 0.4) is 0 Å². The molecule has 1 atom stereocenters. The highest BCUT2D eigenvalue weighted by atomic mass is 16.5. The molecule has 0 unspecified atom stereocenters. The first-order valence-corrected chi connectivity index (χ1v) is 9.10. The summed E-state index contributed by atoms with van der Waals surface area (Å²) < 4.78 is 16.6. The molecule has 1 aromatic carbocycles. The average Bonchev–Trinajstić information content (AvgIpc) is 3.22. The number of furan rings is 1. The molecule has 1 fully saturated rings. The molecule has 3 rings (SSSR count). The van der Waals surface area contributed by atoms with Crippen LogP contribution in [0.1, 0.15) is 24.3 Å². The molecule has 1 saturated heterocycles. The van der Waals surface area contributed by atoms with Crippen LogP contribution in [0.2, 0.25) is 0 Å². The van der Waals surface area contributed by atoms with Gasteiger partial charge < -0.3 is 19.2 Å². The van der Waals surface area contributed by atoms with Gasteiger partial charge in [-0.25, -0.2) is 0 Å². The van der Waals surface area contributed by atoms with Crippen LogP contribution in [-0.2, 0) is 16.0 Å². The normalized spacial score (nSPS) is 16.2. The number of rotatable bonds is 8. The second-order valence-electron chi connectivity index (χ2n) is 6.27. The number of ether oxygens (including phenoxy) is 2. The van der Waals surface area contributed by atoms with E-state index in [1.807, 2.05) is 36.4 Å². The van der Waals surface area contributed by atoms with E-state index in [-0.39, 0.29) is 18.6 Å². The number of benzene rings is 1. The molecule has 1 aliphatic rings. The van der Waals surface area contributed by atoms with Gasteiger partial charge in [0, 0.05) is 19.6 Å². The average molecular weight is 358 g/mol. The molecule has 1 aromatic heterocycles. The first kappa shape index (κ1) is 18.5. The zero-order valence-electron chi connectivity index (χ0n) is 15.1. The smallest absolute Gasteiger partial charge is 0.258 e. The largest absolute Gasteiger partial charge is 0.484 e. The number of morpholine rings is 1. The number of nitrogens with zero attached hydrogens (tertiary/aromatic N) is 1. The molecule has 26 heavy (non-hydrogen) atoms. The summed E-state index contributed by atoms with van der Waals surface area (Å²) in [6.45, 7) is 5.62. The number of nitrogens with one attached hydrogen (secondary N) is 1. The molecule has 0 spiro atoms. The molecule has 6 nitrogen and oxygen atoms in total. The maximum absolute atomic E-state index is 12.2. The molecule has 0 saturated carbocycles. The predicted octanol–water partition coefficient (Wildman–Crippen LogP) is 2.41. The summed E-state index contributed by atoms with van der Waals surface area (Å²) in [6.07, 6.45) is 2.64. The van der Waals surface area contributed by atoms with Crippen molar-refractivity contribution in [1.29, 1.82) is 0 Å². The third-order valence-electron chi connectivity index (χ3n) is 4.55. The maximum atomic E-state index is 12.2. The monoisotopic (exact) mass is 358 g/mol. The van der Waals surface area contributed by atoms with Gasteiger partial charge in [-0.15, -0.1) is 0 Å². The van der Waals surface area contributed by atoms with E-state index < -0.39 is 0 Å². The van der Waals surface area contributed by atoms with E-state index in [9.17, 15) is 4.79 Å². The fourth-order valence-corrected chi connectivity index (χ4v) is 3.01. The van der Waals surface area contributed by atoms with Gasteiger partial charge in [-0.2, -0.15) is 0 Å². The summed E-state index contributed by atoms with van der Waals surface area (Å²) in [5, 5.41) is 2.95. The first-order valence-electron chi connectivity index (χ1n) is 9.10. The zero-order valence-corrected chi connectivity index (χ0v) is 15.1. The number of carbonyl (C=O) groups excluding carboxylic acids is 1. The van der Waals surface area contributed by atoms with Crippen molar-refractivity contribution in [2.24, 2.45) is 0 Å². The number of aryl methyl sites for hydroxylation is 1. The standard InChI is InChI=1S/C20H26N2O4/c1-2-16-5-7-17(8-6-16)26-15-20(23)21-14-18(19-4-3-11-25-19)22-9-12-24-13-10-22/h3-8,11,18H,2,9-10,12-15H2,1H3,(H,21,23)/t18-/m0/s1. The minimum atomic E-state index is -0.144. The molecular weight excluding hydrogens is 332 g/mol. The minimum absolute atomic E-state index is 0.000538. The van der Waals surface area contributed by atoms with E-state index in [0.29, 0.717) is 25.5 Å². The molecule has 0 aliphatic carbocycles. The highest BCUT2D eigenvalue weighted by molar-refractivity contribution is 5.77. The predicted molar refractivity (Wildman–Crippen MR) is 98.2 cm³/mol.